The van der Waals surface area contributed by atoms with Gasteiger partial charge in [0.15, 0.2) is 0 Å². The average molecular weight is 245 g/mol. The summed E-state index contributed by atoms with van der Waals surface area (Å²) in [6, 6.07) is 7.68. The molecule has 6 heteroatoms. The molecule has 2 rings (SSSR count). The van der Waals surface area contributed by atoms with E-state index in [-0.39, 0.29) is 5.75 Å². The third-order valence-corrected chi connectivity index (χ3v) is 2.19. The number of nitrogens with zero attached hydrogens (tertiary/aromatic N) is 2. The molecule has 0 saturated carbocycles. The van der Waals surface area contributed by atoms with Crippen LogP contribution in [0.3, 0.4) is 0 Å². The van der Waals surface area contributed by atoms with Crippen molar-refractivity contribution in [3.8, 4) is 11.4 Å². The lowest BCUT2D eigenvalue weighted by atomic mass is 10.3. The number of aromatic nitrogens is 2. The molecule has 1 heterocycles. The van der Waals surface area contributed by atoms with Gasteiger partial charge >= 0.3 is 6.61 Å². The largest absolute Gasteiger partial charge is 0.435 e. The predicted molar refractivity (Wildman–Crippen MR) is 55.2 cm³/mol. The van der Waals surface area contributed by atoms with Crippen LogP contribution in [0.2, 0.25) is 5.15 Å². The van der Waals surface area contributed by atoms with E-state index in [4.69, 9.17) is 11.6 Å². The molecule has 0 aliphatic carbocycles. The average Bonchev–Trinajstić information content (AvgIpc) is 2.65. The van der Waals surface area contributed by atoms with Gasteiger partial charge in [0.1, 0.15) is 10.9 Å². The number of alkyl halides is 2. The second-order valence-corrected chi connectivity index (χ2v) is 3.33. The summed E-state index contributed by atoms with van der Waals surface area (Å²) in [5, 5.41) is 4.42. The van der Waals surface area contributed by atoms with Gasteiger partial charge in [-0.25, -0.2) is 4.68 Å². The first-order valence-electron chi connectivity index (χ1n) is 4.41. The molecule has 3 nitrogen and oxygen atoms in total. The van der Waals surface area contributed by atoms with E-state index >= 15 is 0 Å². The molecule has 0 N–H and O–H groups in total. The van der Waals surface area contributed by atoms with Gasteiger partial charge in [-0.1, -0.05) is 11.6 Å². The fraction of sp³-hybridized carbons (Fsp3) is 0.100. The molecule has 1 aromatic heterocycles. The summed E-state index contributed by atoms with van der Waals surface area (Å²) in [7, 11) is 0. The molecule has 0 amide bonds. The normalized spacial score (nSPS) is 10.8. The van der Waals surface area contributed by atoms with Crippen LogP contribution in [0, 0.1) is 0 Å². The third-order valence-electron chi connectivity index (χ3n) is 1.90. The van der Waals surface area contributed by atoms with Crippen LogP contribution in [0.25, 0.3) is 5.69 Å². The smallest absolute Gasteiger partial charge is 0.387 e. The van der Waals surface area contributed by atoms with Crippen LogP contribution in [-0.4, -0.2) is 16.4 Å². The molecule has 0 spiro atoms. The number of ether oxygens (including phenoxy) is 1. The monoisotopic (exact) mass is 244 g/mol. The fourth-order valence-electron chi connectivity index (χ4n) is 1.25. The van der Waals surface area contributed by atoms with Gasteiger partial charge in [0.2, 0.25) is 0 Å². The van der Waals surface area contributed by atoms with Gasteiger partial charge in [0.25, 0.3) is 0 Å². The first-order valence-corrected chi connectivity index (χ1v) is 4.79. The van der Waals surface area contributed by atoms with Crippen molar-refractivity contribution in [2.75, 3.05) is 0 Å². The van der Waals surface area contributed by atoms with Crippen molar-refractivity contribution in [3.05, 3.63) is 41.7 Å². The van der Waals surface area contributed by atoms with Crippen LogP contribution in [0.15, 0.2) is 36.5 Å². The minimum atomic E-state index is -2.82. The highest BCUT2D eigenvalue weighted by Gasteiger charge is 2.05. The number of hydrogen-bond acceptors (Lipinski definition) is 2. The summed E-state index contributed by atoms with van der Waals surface area (Å²) in [5.74, 6) is 0.0991. The lowest BCUT2D eigenvalue weighted by Gasteiger charge is -2.06. The molecule has 0 fully saturated rings. The Labute approximate surface area is 95.2 Å². The second-order valence-electron chi connectivity index (χ2n) is 2.94. The van der Waals surface area contributed by atoms with Crippen molar-refractivity contribution in [2.24, 2.45) is 0 Å². The zero-order valence-corrected chi connectivity index (χ0v) is 8.73. The molecule has 84 valence electrons. The van der Waals surface area contributed by atoms with E-state index in [2.05, 4.69) is 9.84 Å². The zero-order chi connectivity index (χ0) is 11.5. The molecule has 16 heavy (non-hydrogen) atoms. The van der Waals surface area contributed by atoms with Crippen LogP contribution in [0.4, 0.5) is 8.78 Å². The van der Waals surface area contributed by atoms with E-state index in [1.54, 1.807) is 24.4 Å². The maximum Gasteiger partial charge on any atom is 0.387 e. The van der Waals surface area contributed by atoms with Gasteiger partial charge in [0, 0.05) is 0 Å². The van der Waals surface area contributed by atoms with E-state index in [1.807, 2.05) is 0 Å². The first-order chi connectivity index (χ1) is 7.66. The maximum atomic E-state index is 11.9. The summed E-state index contributed by atoms with van der Waals surface area (Å²) in [4.78, 5) is 0. The zero-order valence-electron chi connectivity index (χ0n) is 7.98. The molecule has 0 radical (unpaired) electrons. The minimum absolute atomic E-state index is 0.0991. The molecular formula is C10H7ClF2N2O. The van der Waals surface area contributed by atoms with E-state index < -0.39 is 6.61 Å². The molecule has 0 atom stereocenters. The molecule has 0 bridgehead atoms. The van der Waals surface area contributed by atoms with Gasteiger partial charge in [-0.15, -0.1) is 0 Å². The van der Waals surface area contributed by atoms with Crippen molar-refractivity contribution in [3.63, 3.8) is 0 Å². The molecule has 0 saturated heterocycles. The maximum absolute atomic E-state index is 11.9. The molecule has 0 unspecified atom stereocenters. The SMILES string of the molecule is FC(F)Oc1ccc(-n2nccc2Cl)cc1. The summed E-state index contributed by atoms with van der Waals surface area (Å²) in [5.41, 5.74) is 0.677. The van der Waals surface area contributed by atoms with E-state index in [1.165, 1.54) is 16.8 Å². The van der Waals surface area contributed by atoms with Gasteiger partial charge in [-0.3, -0.25) is 0 Å². The van der Waals surface area contributed by atoms with Gasteiger partial charge in [-0.05, 0) is 30.3 Å². The Bertz CT molecular complexity index is 470. The van der Waals surface area contributed by atoms with Gasteiger partial charge in [-0.2, -0.15) is 13.9 Å². The van der Waals surface area contributed by atoms with Crippen LogP contribution in [0.5, 0.6) is 5.75 Å². The highest BCUT2D eigenvalue weighted by molar-refractivity contribution is 6.29. The molecular weight excluding hydrogens is 238 g/mol. The summed E-state index contributed by atoms with van der Waals surface area (Å²) >= 11 is 5.85. The molecule has 1 aromatic carbocycles. The fourth-order valence-corrected chi connectivity index (χ4v) is 1.44. The van der Waals surface area contributed by atoms with Crippen LogP contribution >= 0.6 is 11.6 Å². The lowest BCUT2D eigenvalue weighted by Crippen LogP contribution is -2.02. The standard InChI is InChI=1S/C10H7ClF2N2O/c11-9-5-6-14-15(9)7-1-3-8(4-2-7)16-10(12)13/h1-6,10H. The van der Waals surface area contributed by atoms with Crippen LogP contribution < -0.4 is 4.74 Å². The highest BCUT2D eigenvalue weighted by Crippen LogP contribution is 2.19. The van der Waals surface area contributed by atoms with Crippen LogP contribution in [-0.2, 0) is 0 Å². The van der Waals surface area contributed by atoms with Crippen molar-refractivity contribution in [1.29, 1.82) is 0 Å². The van der Waals surface area contributed by atoms with E-state index in [9.17, 15) is 8.78 Å². The Kier molecular flexibility index (Phi) is 3.05. The minimum Gasteiger partial charge on any atom is -0.435 e. The first kappa shape index (κ1) is 10.9. The molecule has 2 aromatic rings. The Balaban J connectivity index is 2.23. The number of halogens is 3. The molecule has 0 aliphatic heterocycles. The van der Waals surface area contributed by atoms with Gasteiger partial charge in [0.05, 0.1) is 11.9 Å². The van der Waals surface area contributed by atoms with Crippen molar-refractivity contribution >= 4 is 11.6 Å². The van der Waals surface area contributed by atoms with Crippen molar-refractivity contribution < 1.29 is 13.5 Å². The van der Waals surface area contributed by atoms with Crippen molar-refractivity contribution in [1.82, 2.24) is 9.78 Å². The number of rotatable bonds is 3. The molecule has 0 aliphatic rings. The Morgan fingerprint density at radius 2 is 1.88 bits per heavy atom. The summed E-state index contributed by atoms with van der Waals surface area (Å²) < 4.78 is 29.5. The predicted octanol–water partition coefficient (Wildman–Crippen LogP) is 3.13. The van der Waals surface area contributed by atoms with E-state index in [0.29, 0.717) is 10.8 Å². The number of benzene rings is 1. The van der Waals surface area contributed by atoms with Gasteiger partial charge < -0.3 is 4.74 Å². The lowest BCUT2D eigenvalue weighted by molar-refractivity contribution is -0.0498. The van der Waals surface area contributed by atoms with Crippen molar-refractivity contribution in [2.45, 2.75) is 6.61 Å². The highest BCUT2D eigenvalue weighted by atomic mass is 35.5. The Morgan fingerprint density at radius 1 is 1.19 bits per heavy atom. The number of hydrogen-bond donors (Lipinski definition) is 0. The van der Waals surface area contributed by atoms with E-state index in [0.717, 1.165) is 0 Å². The topological polar surface area (TPSA) is 27.1 Å². The second kappa shape index (κ2) is 4.49. The Morgan fingerprint density at radius 3 is 2.38 bits per heavy atom. The quantitative estimate of drug-likeness (QED) is 0.829. The summed E-state index contributed by atoms with van der Waals surface area (Å²) in [6.45, 7) is -2.82. The summed E-state index contributed by atoms with van der Waals surface area (Å²) in [6.07, 6.45) is 1.55. The third kappa shape index (κ3) is 2.30. The Hall–Kier alpha value is -1.62. The van der Waals surface area contributed by atoms with Crippen LogP contribution in [0.1, 0.15) is 0 Å².